The van der Waals surface area contributed by atoms with Gasteiger partial charge in [-0.25, -0.2) is 18.2 Å². The van der Waals surface area contributed by atoms with Crippen LogP contribution in [0.25, 0.3) is 0 Å². The number of alkyl halides is 2. The molecule has 3 aliphatic rings. The van der Waals surface area contributed by atoms with Gasteiger partial charge in [0, 0.05) is 53.0 Å². The number of allylic oxidation sites excluding steroid dienone is 3. The number of thiazole rings is 1. The summed E-state index contributed by atoms with van der Waals surface area (Å²) in [4.78, 5) is 47.9. The number of aromatic nitrogens is 1. The van der Waals surface area contributed by atoms with Crippen LogP contribution in [0.5, 0.6) is 0 Å². The van der Waals surface area contributed by atoms with E-state index >= 15 is 0 Å². The minimum Gasteiger partial charge on any atom is -0.351 e. The van der Waals surface area contributed by atoms with E-state index in [1.807, 2.05) is 0 Å². The molecule has 2 fully saturated rings. The Morgan fingerprint density at radius 3 is 2.72 bits per heavy atom. The Labute approximate surface area is 232 Å². The van der Waals surface area contributed by atoms with Crippen LogP contribution in [-0.4, -0.2) is 46.8 Å². The van der Waals surface area contributed by atoms with Gasteiger partial charge in [0.05, 0.1) is 0 Å². The molecule has 1 N–H and O–H groups in total. The van der Waals surface area contributed by atoms with E-state index in [2.05, 4.69) is 10.3 Å². The third-order valence-electron chi connectivity index (χ3n) is 7.46. The van der Waals surface area contributed by atoms with Gasteiger partial charge in [-0.1, -0.05) is 36.7 Å². The Bertz CT molecular complexity index is 1340. The van der Waals surface area contributed by atoms with Gasteiger partial charge in [-0.15, -0.1) is 11.3 Å². The molecule has 7 nitrogen and oxygen atoms in total. The molecule has 1 aromatic carbocycles. The largest absolute Gasteiger partial charge is 0.351 e. The van der Waals surface area contributed by atoms with Crippen LogP contribution >= 0.6 is 22.9 Å². The average molecular weight is 579 g/mol. The number of benzene rings is 1. The summed E-state index contributed by atoms with van der Waals surface area (Å²) >= 11 is 7.87. The number of amides is 3. The minimum absolute atomic E-state index is 0.0813. The number of hydrogen-bond acceptors (Lipinski definition) is 5. The smallest absolute Gasteiger partial charge is 0.252 e. The van der Waals surface area contributed by atoms with E-state index in [-0.39, 0.29) is 35.9 Å². The molecule has 1 saturated heterocycles. The molecule has 0 radical (unpaired) electrons. The number of rotatable bonds is 7. The molecule has 2 aliphatic carbocycles. The van der Waals surface area contributed by atoms with Crippen LogP contribution in [0, 0.1) is 11.2 Å². The van der Waals surface area contributed by atoms with Crippen molar-refractivity contribution in [3.05, 3.63) is 64.9 Å². The van der Waals surface area contributed by atoms with E-state index in [9.17, 15) is 27.6 Å². The predicted octanol–water partition coefficient (Wildman–Crippen LogP) is 5.18. The zero-order valence-corrected chi connectivity index (χ0v) is 22.5. The summed E-state index contributed by atoms with van der Waals surface area (Å²) in [7, 11) is 0. The molecule has 1 aromatic heterocycles. The molecule has 1 saturated carbocycles. The lowest BCUT2D eigenvalue weighted by molar-refractivity contribution is -0.135. The number of halogens is 4. The molecule has 1 aliphatic heterocycles. The van der Waals surface area contributed by atoms with Crippen molar-refractivity contribution in [3.8, 4) is 0 Å². The Kier molecular flexibility index (Phi) is 7.32. The van der Waals surface area contributed by atoms with Gasteiger partial charge in [-0.05, 0) is 37.1 Å². The molecule has 5 rings (SSSR count). The first-order chi connectivity index (χ1) is 18.5. The van der Waals surface area contributed by atoms with Crippen molar-refractivity contribution in [2.45, 2.75) is 63.1 Å². The molecule has 3 atom stereocenters. The van der Waals surface area contributed by atoms with E-state index in [0.717, 1.165) is 6.07 Å². The van der Waals surface area contributed by atoms with Crippen molar-refractivity contribution in [1.82, 2.24) is 10.3 Å². The Hall–Kier alpha value is -3.18. The van der Waals surface area contributed by atoms with Crippen LogP contribution in [0.15, 0.2) is 59.1 Å². The first kappa shape index (κ1) is 27.4. The van der Waals surface area contributed by atoms with Crippen LogP contribution < -0.4 is 15.1 Å². The quantitative estimate of drug-likeness (QED) is 0.491. The van der Waals surface area contributed by atoms with Crippen molar-refractivity contribution in [2.24, 2.45) is 5.41 Å². The summed E-state index contributed by atoms with van der Waals surface area (Å²) in [6, 6.07) is 2.08. The molecule has 3 amide bonds. The lowest BCUT2D eigenvalue weighted by Crippen LogP contribution is -2.63. The number of hydrogen-bond donors (Lipinski definition) is 1. The van der Waals surface area contributed by atoms with Gasteiger partial charge in [0.25, 0.3) is 11.8 Å². The molecule has 1 unspecified atom stereocenters. The fraction of sp³-hybridized carbons (Fsp3) is 0.407. The third kappa shape index (κ3) is 5.21. The number of carbonyl (C=O) groups is 3. The van der Waals surface area contributed by atoms with E-state index in [4.69, 9.17) is 11.6 Å². The summed E-state index contributed by atoms with van der Waals surface area (Å²) in [5.41, 5.74) is -1.10. The Morgan fingerprint density at radius 1 is 1.31 bits per heavy atom. The molecular formula is C27H26ClF3N4O3S. The van der Waals surface area contributed by atoms with Crippen molar-refractivity contribution >= 4 is 51.5 Å². The normalized spacial score (nSPS) is 25.2. The molecule has 0 spiro atoms. The van der Waals surface area contributed by atoms with Gasteiger partial charge in [-0.3, -0.25) is 24.2 Å². The summed E-state index contributed by atoms with van der Waals surface area (Å²) in [6.45, 7) is 1.70. The second-order valence-corrected chi connectivity index (χ2v) is 11.5. The topological polar surface area (TPSA) is 82.6 Å². The first-order valence-corrected chi connectivity index (χ1v) is 13.8. The van der Waals surface area contributed by atoms with Crippen molar-refractivity contribution < 1.29 is 27.6 Å². The lowest BCUT2D eigenvalue weighted by atomic mass is 9.74. The maximum absolute atomic E-state index is 14.5. The summed E-state index contributed by atoms with van der Waals surface area (Å²) in [5.74, 6) is -5.13. The number of nitrogens with zero attached hydrogens (tertiary/aromatic N) is 3. The summed E-state index contributed by atoms with van der Waals surface area (Å²) in [5, 5.41) is 4.95. The van der Waals surface area contributed by atoms with Crippen molar-refractivity contribution in [1.29, 1.82) is 0 Å². The van der Waals surface area contributed by atoms with E-state index in [1.165, 1.54) is 45.5 Å². The molecule has 0 bridgehead atoms. The lowest BCUT2D eigenvalue weighted by Gasteiger charge is -2.46. The predicted molar refractivity (Wildman–Crippen MR) is 142 cm³/mol. The zero-order chi connectivity index (χ0) is 27.9. The highest BCUT2D eigenvalue weighted by Gasteiger charge is 2.53. The highest BCUT2D eigenvalue weighted by Crippen LogP contribution is 2.45. The zero-order valence-electron chi connectivity index (χ0n) is 21.0. The summed E-state index contributed by atoms with van der Waals surface area (Å²) in [6.07, 6.45) is 6.09. The number of anilines is 2. The van der Waals surface area contributed by atoms with Gasteiger partial charge < -0.3 is 5.32 Å². The van der Waals surface area contributed by atoms with Gasteiger partial charge >= 0.3 is 0 Å². The average Bonchev–Trinajstić information content (AvgIpc) is 3.52. The number of nitrogens with one attached hydrogen (secondary N) is 1. The molecule has 2 heterocycles. The van der Waals surface area contributed by atoms with Crippen LogP contribution in [0.2, 0.25) is 0 Å². The second kappa shape index (κ2) is 10.4. The SMILES string of the molecule is CC1([C@@H](C(=O)NC2CC(F)(F)C2)N(C(=O)[C@@H]2CCC(=O)N2c2nccs2)c2cccc(F)c2)CC=CC=C1Cl. The first-order valence-electron chi connectivity index (χ1n) is 12.5. The molecular weight excluding hydrogens is 553 g/mol. The van der Waals surface area contributed by atoms with E-state index < -0.39 is 59.9 Å². The van der Waals surface area contributed by atoms with Gasteiger partial charge in [-0.2, -0.15) is 0 Å². The third-order valence-corrected chi connectivity index (χ3v) is 8.79. The Balaban J connectivity index is 1.60. The molecule has 12 heteroatoms. The number of carbonyl (C=O) groups excluding carboxylic acids is 3. The highest BCUT2D eigenvalue weighted by molar-refractivity contribution is 7.13. The van der Waals surface area contributed by atoms with Gasteiger partial charge in [0.15, 0.2) is 5.13 Å². The molecule has 39 heavy (non-hydrogen) atoms. The maximum atomic E-state index is 14.5. The van der Waals surface area contributed by atoms with Crippen LogP contribution in [0.3, 0.4) is 0 Å². The summed E-state index contributed by atoms with van der Waals surface area (Å²) < 4.78 is 41.7. The fourth-order valence-electron chi connectivity index (χ4n) is 5.41. The van der Waals surface area contributed by atoms with E-state index in [1.54, 1.807) is 30.5 Å². The standard InChI is InChI=1S/C27H26ClF3N4O3S/c1-26(10-3-2-7-20(26)28)22(23(37)33-17-14-27(30,31)15-17)34(18-6-4-5-16(29)13-18)24(38)19-8-9-21(36)35(19)25-32-11-12-39-25/h2-7,11-13,17,19,22H,8-10,14-15H2,1H3,(H,33,37)/t19-,22+,26?/m0/s1. The van der Waals surface area contributed by atoms with Gasteiger partial charge in [0.2, 0.25) is 11.8 Å². The van der Waals surface area contributed by atoms with E-state index in [0.29, 0.717) is 5.13 Å². The Morgan fingerprint density at radius 2 is 2.08 bits per heavy atom. The van der Waals surface area contributed by atoms with Crippen LogP contribution in [0.1, 0.15) is 39.0 Å². The fourth-order valence-corrected chi connectivity index (χ4v) is 6.37. The maximum Gasteiger partial charge on any atom is 0.252 e. The van der Waals surface area contributed by atoms with Crippen LogP contribution in [-0.2, 0) is 14.4 Å². The van der Waals surface area contributed by atoms with Crippen LogP contribution in [0.4, 0.5) is 24.0 Å². The van der Waals surface area contributed by atoms with Crippen molar-refractivity contribution in [3.63, 3.8) is 0 Å². The monoisotopic (exact) mass is 578 g/mol. The minimum atomic E-state index is -2.88. The molecule has 2 aromatic rings. The molecule has 206 valence electrons. The van der Waals surface area contributed by atoms with Gasteiger partial charge in [0.1, 0.15) is 17.9 Å². The second-order valence-electron chi connectivity index (χ2n) is 10.3. The highest BCUT2D eigenvalue weighted by atomic mass is 35.5. The van der Waals surface area contributed by atoms with Crippen molar-refractivity contribution in [2.75, 3.05) is 9.80 Å².